The maximum atomic E-state index is 12.6. The molecule has 3 rings (SSSR count). The van der Waals surface area contributed by atoms with E-state index in [9.17, 15) is 29.4 Å². The van der Waals surface area contributed by atoms with Crippen LogP contribution in [-0.4, -0.2) is 34.2 Å². The van der Waals surface area contributed by atoms with Crippen LogP contribution in [0.2, 0.25) is 0 Å². The summed E-state index contributed by atoms with van der Waals surface area (Å²) in [5, 5.41) is 25.1. The Labute approximate surface area is 217 Å². The Kier molecular flexibility index (Phi) is 10.7. The molecule has 0 aliphatic heterocycles. The number of nitrogens with zero attached hydrogens (tertiary/aromatic N) is 2. The van der Waals surface area contributed by atoms with Crippen molar-refractivity contribution in [3.05, 3.63) is 83.9 Å². The van der Waals surface area contributed by atoms with Crippen LogP contribution in [0.5, 0.6) is 0 Å². The summed E-state index contributed by atoms with van der Waals surface area (Å²) in [6.07, 6.45) is 0. The van der Waals surface area contributed by atoms with E-state index in [0.29, 0.717) is 21.4 Å². The zero-order chi connectivity index (χ0) is 24.8. The summed E-state index contributed by atoms with van der Waals surface area (Å²) in [4.78, 5) is 48.9. The van der Waals surface area contributed by atoms with Gasteiger partial charge in [-0.15, -0.1) is 24.8 Å². The molecule has 8 N–H and O–H groups in total. The van der Waals surface area contributed by atoms with Crippen LogP contribution >= 0.6 is 24.8 Å². The molecule has 0 aromatic heterocycles. The molecular weight excluding hydrogens is 515 g/mol. The molecule has 0 fully saturated rings. The fourth-order valence-electron chi connectivity index (χ4n) is 2.95. The number of halogens is 2. The molecule has 0 radical (unpaired) electrons. The van der Waals surface area contributed by atoms with Gasteiger partial charge in [0, 0.05) is 11.4 Å². The highest BCUT2D eigenvalue weighted by molar-refractivity contribution is 6.11. The minimum absolute atomic E-state index is 0. The fourth-order valence-corrected chi connectivity index (χ4v) is 2.95. The average molecular weight is 537 g/mol. The van der Waals surface area contributed by atoms with Gasteiger partial charge in [0.05, 0.1) is 22.5 Å². The third kappa shape index (κ3) is 6.84. The molecule has 0 aliphatic rings. The molecule has 190 valence electrons. The number of nitrogens with one attached hydrogen (secondary N) is 2. The summed E-state index contributed by atoms with van der Waals surface area (Å²) in [6.45, 7) is 0. The number of hydrogen-bond acceptors (Lipinski definition) is 6. The Hall–Kier alpha value is -4.36. The molecule has 0 heterocycles. The topological polar surface area (TPSA) is 191 Å². The molecule has 0 aliphatic carbocycles. The highest BCUT2D eigenvalue weighted by Gasteiger charge is 2.27. The smallest absolute Gasteiger partial charge is 0.340 e. The van der Waals surface area contributed by atoms with Crippen molar-refractivity contribution in [1.29, 1.82) is 0 Å². The van der Waals surface area contributed by atoms with Crippen molar-refractivity contribution in [1.82, 2.24) is 0 Å². The predicted molar refractivity (Wildman–Crippen MR) is 139 cm³/mol. The summed E-state index contributed by atoms with van der Waals surface area (Å²) in [7, 11) is 0. The number of nitrogens with two attached hydrogens (primary N) is 2. The maximum absolute atomic E-state index is 12.6. The van der Waals surface area contributed by atoms with Crippen LogP contribution in [-0.2, 0) is 0 Å². The van der Waals surface area contributed by atoms with Gasteiger partial charge in [-0.05, 0) is 36.4 Å². The second-order valence-corrected chi connectivity index (χ2v) is 6.83. The van der Waals surface area contributed by atoms with Gasteiger partial charge >= 0.3 is 24.0 Å². The number of benzene rings is 3. The van der Waals surface area contributed by atoms with Gasteiger partial charge in [-0.3, -0.25) is 0 Å². The number of carboxylic acids is 2. The summed E-state index contributed by atoms with van der Waals surface area (Å²) in [5.41, 5.74) is -1.23. The van der Waals surface area contributed by atoms with Crippen LogP contribution in [0.4, 0.5) is 32.3 Å². The van der Waals surface area contributed by atoms with Crippen molar-refractivity contribution in [2.75, 3.05) is 20.7 Å². The zero-order valence-electron chi connectivity index (χ0n) is 18.3. The Morgan fingerprint density at radius 1 is 0.611 bits per heavy atom. The molecule has 14 heteroatoms. The standard InChI is InChI=1S/C22H20N6O6.2ClH/c23-27(21(33)25-13-7-3-1-4-8-13)17-12-18(16(20(31)32)11-15(17)19(29)30)28(24)22(34)26-14-9-5-2-6-10-14;;/h1-12H,23-24H2,(H,25,33)(H,26,34)(H,29,30)(H,31,32);2*1H. The molecule has 12 nitrogen and oxygen atoms in total. The number of carboxylic acid groups (broad SMARTS) is 2. The van der Waals surface area contributed by atoms with E-state index in [4.69, 9.17) is 11.7 Å². The van der Waals surface area contributed by atoms with Gasteiger partial charge in [0.2, 0.25) is 0 Å². The first kappa shape index (κ1) is 29.7. The van der Waals surface area contributed by atoms with Crippen LogP contribution in [0.15, 0.2) is 72.8 Å². The molecule has 0 atom stereocenters. The van der Waals surface area contributed by atoms with Gasteiger partial charge in [-0.1, -0.05) is 36.4 Å². The molecule has 36 heavy (non-hydrogen) atoms. The molecule has 0 unspecified atom stereocenters. The molecule has 3 aromatic rings. The second-order valence-electron chi connectivity index (χ2n) is 6.83. The van der Waals surface area contributed by atoms with E-state index < -0.39 is 46.5 Å². The van der Waals surface area contributed by atoms with E-state index in [1.54, 1.807) is 60.7 Å². The normalized spacial score (nSPS) is 9.61. The van der Waals surface area contributed by atoms with E-state index in [1.807, 2.05) is 0 Å². The van der Waals surface area contributed by atoms with Gasteiger partial charge < -0.3 is 20.8 Å². The van der Waals surface area contributed by atoms with Crippen molar-refractivity contribution >= 4 is 71.6 Å². The van der Waals surface area contributed by atoms with Crippen LogP contribution in [0, 0.1) is 0 Å². The van der Waals surface area contributed by atoms with Crippen LogP contribution in [0.25, 0.3) is 0 Å². The SMILES string of the molecule is Cl.Cl.NN(C(=O)Nc1ccccc1)c1cc(N(N)C(=O)Nc2ccccc2)c(C(=O)O)cc1C(=O)O. The van der Waals surface area contributed by atoms with E-state index in [1.165, 1.54) is 0 Å². The van der Waals surface area contributed by atoms with Gasteiger partial charge in [0.15, 0.2) is 0 Å². The number of para-hydroxylation sites is 2. The van der Waals surface area contributed by atoms with Gasteiger partial charge in [-0.2, -0.15) is 0 Å². The van der Waals surface area contributed by atoms with Gasteiger partial charge in [-0.25, -0.2) is 40.9 Å². The summed E-state index contributed by atoms with van der Waals surface area (Å²) < 4.78 is 0. The zero-order valence-corrected chi connectivity index (χ0v) is 20.0. The van der Waals surface area contributed by atoms with Crippen LogP contribution in [0.1, 0.15) is 20.7 Å². The first-order valence-corrected chi connectivity index (χ1v) is 9.65. The average Bonchev–Trinajstić information content (AvgIpc) is 2.83. The molecule has 3 aromatic carbocycles. The molecule has 4 amide bonds. The number of anilines is 4. The van der Waals surface area contributed by atoms with Crippen molar-refractivity contribution in [2.24, 2.45) is 11.7 Å². The first-order chi connectivity index (χ1) is 16.2. The molecular formula is C22H22Cl2N6O6. The number of rotatable bonds is 6. The highest BCUT2D eigenvalue weighted by Crippen LogP contribution is 2.30. The number of carbonyl (C=O) groups is 4. The molecule has 0 spiro atoms. The number of carbonyl (C=O) groups excluding carboxylic acids is 2. The van der Waals surface area contributed by atoms with Crippen molar-refractivity contribution in [2.45, 2.75) is 0 Å². The monoisotopic (exact) mass is 536 g/mol. The largest absolute Gasteiger partial charge is 0.478 e. The number of urea groups is 2. The fraction of sp³-hybridized carbons (Fsp3) is 0. The second kappa shape index (κ2) is 12.9. The van der Waals surface area contributed by atoms with Crippen LogP contribution < -0.4 is 32.3 Å². The van der Waals surface area contributed by atoms with Crippen molar-refractivity contribution < 1.29 is 29.4 Å². The first-order valence-electron chi connectivity index (χ1n) is 9.65. The third-order valence-electron chi connectivity index (χ3n) is 4.58. The van der Waals surface area contributed by atoms with Crippen LogP contribution in [0.3, 0.4) is 0 Å². The van der Waals surface area contributed by atoms with E-state index >= 15 is 0 Å². The lowest BCUT2D eigenvalue weighted by Gasteiger charge is -2.24. The predicted octanol–water partition coefficient (Wildman–Crippen LogP) is 3.75. The Morgan fingerprint density at radius 2 is 0.944 bits per heavy atom. The lowest BCUT2D eigenvalue weighted by Crippen LogP contribution is -2.44. The van der Waals surface area contributed by atoms with E-state index in [0.717, 1.165) is 12.1 Å². The minimum Gasteiger partial charge on any atom is -0.478 e. The minimum atomic E-state index is -1.55. The number of aromatic carboxylic acids is 2. The third-order valence-corrected chi connectivity index (χ3v) is 4.58. The lowest BCUT2D eigenvalue weighted by molar-refractivity contribution is 0.0696. The summed E-state index contributed by atoms with van der Waals surface area (Å²) in [6, 6.07) is 16.3. The quantitative estimate of drug-likeness (QED) is 0.156. The highest BCUT2D eigenvalue weighted by atomic mass is 35.5. The molecule has 0 saturated carbocycles. The van der Waals surface area contributed by atoms with E-state index in [2.05, 4.69) is 10.6 Å². The maximum Gasteiger partial charge on any atom is 0.340 e. The number of amides is 4. The summed E-state index contributed by atoms with van der Waals surface area (Å²) in [5.74, 6) is 8.64. The van der Waals surface area contributed by atoms with Gasteiger partial charge in [0.25, 0.3) is 0 Å². The van der Waals surface area contributed by atoms with Gasteiger partial charge in [0.1, 0.15) is 0 Å². The Balaban J connectivity index is 0.00000324. The lowest BCUT2D eigenvalue weighted by atomic mass is 10.1. The van der Waals surface area contributed by atoms with E-state index in [-0.39, 0.29) is 24.8 Å². The Bertz CT molecular complexity index is 1150. The summed E-state index contributed by atoms with van der Waals surface area (Å²) >= 11 is 0. The number of hydrazine groups is 2. The number of hydrogen-bond donors (Lipinski definition) is 6. The Morgan fingerprint density at radius 3 is 1.25 bits per heavy atom. The molecule has 0 saturated heterocycles. The van der Waals surface area contributed by atoms with Crippen molar-refractivity contribution in [3.8, 4) is 0 Å². The van der Waals surface area contributed by atoms with Crippen molar-refractivity contribution in [3.63, 3.8) is 0 Å². The molecule has 0 bridgehead atoms.